The fourth-order valence-electron chi connectivity index (χ4n) is 2.25. The first-order chi connectivity index (χ1) is 9.65. The third-order valence-electron chi connectivity index (χ3n) is 3.27. The van der Waals surface area contributed by atoms with E-state index in [0.717, 1.165) is 34.9 Å². The van der Waals surface area contributed by atoms with Gasteiger partial charge in [-0.2, -0.15) is 0 Å². The van der Waals surface area contributed by atoms with E-state index >= 15 is 0 Å². The van der Waals surface area contributed by atoms with Gasteiger partial charge in [0.05, 0.1) is 30.3 Å². The molecule has 0 saturated heterocycles. The average Bonchev–Trinajstić information content (AvgIpc) is 2.67. The molecule has 20 heavy (non-hydrogen) atoms. The highest BCUT2D eigenvalue weighted by atomic mass is 16.5. The molecule has 1 aliphatic rings. The van der Waals surface area contributed by atoms with Crippen molar-refractivity contribution in [1.82, 2.24) is 9.97 Å². The third-order valence-corrected chi connectivity index (χ3v) is 3.27. The summed E-state index contributed by atoms with van der Waals surface area (Å²) in [6, 6.07) is 5.78. The Morgan fingerprint density at radius 2 is 1.80 bits per heavy atom. The fraction of sp³-hybridized carbons (Fsp3) is 0.333. The van der Waals surface area contributed by atoms with Crippen LogP contribution in [-0.4, -0.2) is 23.2 Å². The Morgan fingerprint density at radius 1 is 1.05 bits per heavy atom. The number of nitrogen functional groups attached to an aromatic ring is 1. The molecule has 0 bridgehead atoms. The van der Waals surface area contributed by atoms with Gasteiger partial charge in [0.1, 0.15) is 5.82 Å². The first-order valence-corrected chi connectivity index (χ1v) is 6.66. The van der Waals surface area contributed by atoms with E-state index < -0.39 is 0 Å². The molecule has 0 fully saturated rings. The fourth-order valence-corrected chi connectivity index (χ4v) is 2.25. The summed E-state index contributed by atoms with van der Waals surface area (Å²) < 4.78 is 11.3. The summed E-state index contributed by atoms with van der Waals surface area (Å²) in [7, 11) is 0. The molecule has 2 aromatic rings. The Hall–Kier alpha value is -2.30. The molecule has 5 nitrogen and oxygen atoms in total. The molecule has 0 unspecified atom stereocenters. The SMILES string of the molecule is Cc1nc(C)c(N)c(-c2ccc3c(c2)OCCCO3)n1. The maximum Gasteiger partial charge on any atom is 0.161 e. The molecule has 1 aromatic heterocycles. The van der Waals surface area contributed by atoms with Gasteiger partial charge in [-0.3, -0.25) is 0 Å². The van der Waals surface area contributed by atoms with Crippen LogP contribution in [0.15, 0.2) is 18.2 Å². The number of ether oxygens (including phenoxy) is 2. The Morgan fingerprint density at radius 3 is 2.60 bits per heavy atom. The molecule has 0 saturated carbocycles. The van der Waals surface area contributed by atoms with E-state index in [1.54, 1.807) is 0 Å². The van der Waals surface area contributed by atoms with Crippen LogP contribution >= 0.6 is 0 Å². The highest BCUT2D eigenvalue weighted by Gasteiger charge is 2.14. The second-order valence-electron chi connectivity index (χ2n) is 4.83. The highest BCUT2D eigenvalue weighted by molar-refractivity contribution is 5.75. The summed E-state index contributed by atoms with van der Waals surface area (Å²) in [5.74, 6) is 2.22. The molecule has 0 radical (unpaired) electrons. The summed E-state index contributed by atoms with van der Waals surface area (Å²) in [5, 5.41) is 0. The van der Waals surface area contributed by atoms with Crippen LogP contribution in [0.5, 0.6) is 11.5 Å². The Balaban J connectivity index is 2.09. The second-order valence-corrected chi connectivity index (χ2v) is 4.83. The van der Waals surface area contributed by atoms with Gasteiger partial charge < -0.3 is 15.2 Å². The lowest BCUT2D eigenvalue weighted by atomic mass is 10.1. The molecule has 0 amide bonds. The van der Waals surface area contributed by atoms with Crippen molar-refractivity contribution >= 4 is 5.69 Å². The van der Waals surface area contributed by atoms with Gasteiger partial charge in [-0.05, 0) is 32.0 Å². The van der Waals surface area contributed by atoms with Crippen LogP contribution in [0.1, 0.15) is 17.9 Å². The predicted octanol–water partition coefficient (Wildman–Crippen LogP) is 2.50. The van der Waals surface area contributed by atoms with Gasteiger partial charge in [-0.25, -0.2) is 9.97 Å². The van der Waals surface area contributed by atoms with Crippen LogP contribution in [0.25, 0.3) is 11.3 Å². The van der Waals surface area contributed by atoms with Gasteiger partial charge >= 0.3 is 0 Å². The Labute approximate surface area is 117 Å². The standard InChI is InChI=1S/C15H17N3O2/c1-9-14(16)15(18-10(2)17-9)11-4-5-12-13(8-11)20-7-3-6-19-12/h4-5,8H,3,6-7,16H2,1-2H3. The van der Waals surface area contributed by atoms with E-state index in [9.17, 15) is 0 Å². The monoisotopic (exact) mass is 271 g/mol. The molecular formula is C15H17N3O2. The number of hydrogen-bond donors (Lipinski definition) is 1. The zero-order valence-electron chi connectivity index (χ0n) is 11.6. The van der Waals surface area contributed by atoms with Gasteiger partial charge in [-0.1, -0.05) is 0 Å². The number of anilines is 1. The summed E-state index contributed by atoms with van der Waals surface area (Å²) >= 11 is 0. The van der Waals surface area contributed by atoms with Crippen LogP contribution in [0, 0.1) is 13.8 Å². The normalized spacial score (nSPS) is 13.9. The van der Waals surface area contributed by atoms with E-state index in [2.05, 4.69) is 9.97 Å². The van der Waals surface area contributed by atoms with Crippen LogP contribution in [0.4, 0.5) is 5.69 Å². The van der Waals surface area contributed by atoms with Crippen molar-refractivity contribution in [2.45, 2.75) is 20.3 Å². The molecular weight excluding hydrogens is 254 g/mol. The van der Waals surface area contributed by atoms with E-state index in [1.165, 1.54) is 0 Å². The van der Waals surface area contributed by atoms with Gasteiger partial charge in [0, 0.05) is 12.0 Å². The molecule has 1 aromatic carbocycles. The minimum absolute atomic E-state index is 0.602. The molecule has 0 spiro atoms. The molecule has 104 valence electrons. The number of rotatable bonds is 1. The van der Waals surface area contributed by atoms with Crippen molar-refractivity contribution in [2.75, 3.05) is 18.9 Å². The summed E-state index contributed by atoms with van der Waals surface area (Å²) in [5.41, 5.74) is 9.14. The van der Waals surface area contributed by atoms with Gasteiger partial charge in [0.15, 0.2) is 11.5 Å². The van der Waals surface area contributed by atoms with Gasteiger partial charge in [-0.15, -0.1) is 0 Å². The van der Waals surface area contributed by atoms with Crippen molar-refractivity contribution in [2.24, 2.45) is 0 Å². The molecule has 2 heterocycles. The lowest BCUT2D eigenvalue weighted by Crippen LogP contribution is -2.02. The maximum absolute atomic E-state index is 6.09. The molecule has 1 aliphatic heterocycles. The van der Waals surface area contributed by atoms with Crippen molar-refractivity contribution in [3.05, 3.63) is 29.7 Å². The molecule has 3 rings (SSSR count). The number of nitrogens with two attached hydrogens (primary N) is 1. The average molecular weight is 271 g/mol. The lowest BCUT2D eigenvalue weighted by molar-refractivity contribution is 0.297. The molecule has 0 aliphatic carbocycles. The largest absolute Gasteiger partial charge is 0.490 e. The highest BCUT2D eigenvalue weighted by Crippen LogP contribution is 2.35. The predicted molar refractivity (Wildman–Crippen MR) is 77.0 cm³/mol. The van der Waals surface area contributed by atoms with Crippen molar-refractivity contribution in [1.29, 1.82) is 0 Å². The van der Waals surface area contributed by atoms with E-state index in [1.807, 2.05) is 32.0 Å². The summed E-state index contributed by atoms with van der Waals surface area (Å²) in [4.78, 5) is 8.71. The Bertz CT molecular complexity index is 656. The van der Waals surface area contributed by atoms with Crippen LogP contribution in [0.3, 0.4) is 0 Å². The molecule has 5 heteroatoms. The molecule has 0 atom stereocenters. The van der Waals surface area contributed by atoms with Crippen LogP contribution < -0.4 is 15.2 Å². The summed E-state index contributed by atoms with van der Waals surface area (Å²) in [6.45, 7) is 5.09. The topological polar surface area (TPSA) is 70.3 Å². The quantitative estimate of drug-likeness (QED) is 0.863. The number of aryl methyl sites for hydroxylation is 2. The number of hydrogen-bond acceptors (Lipinski definition) is 5. The van der Waals surface area contributed by atoms with E-state index in [4.69, 9.17) is 15.2 Å². The number of benzene rings is 1. The molecule has 2 N–H and O–H groups in total. The van der Waals surface area contributed by atoms with Crippen molar-refractivity contribution in [3.63, 3.8) is 0 Å². The van der Waals surface area contributed by atoms with Crippen molar-refractivity contribution < 1.29 is 9.47 Å². The minimum atomic E-state index is 0.602. The zero-order chi connectivity index (χ0) is 14.1. The summed E-state index contributed by atoms with van der Waals surface area (Å²) in [6.07, 6.45) is 0.887. The van der Waals surface area contributed by atoms with Crippen LogP contribution in [0.2, 0.25) is 0 Å². The Kier molecular flexibility index (Phi) is 3.18. The second kappa shape index (κ2) is 5.00. The number of nitrogens with zero attached hydrogens (tertiary/aromatic N) is 2. The van der Waals surface area contributed by atoms with Crippen LogP contribution in [-0.2, 0) is 0 Å². The van der Waals surface area contributed by atoms with Gasteiger partial charge in [0.2, 0.25) is 0 Å². The first kappa shape index (κ1) is 12.7. The van der Waals surface area contributed by atoms with Crippen molar-refractivity contribution in [3.8, 4) is 22.8 Å². The van der Waals surface area contributed by atoms with E-state index in [0.29, 0.717) is 24.7 Å². The smallest absolute Gasteiger partial charge is 0.161 e. The third kappa shape index (κ3) is 2.27. The zero-order valence-corrected chi connectivity index (χ0v) is 11.6. The minimum Gasteiger partial charge on any atom is -0.490 e. The van der Waals surface area contributed by atoms with Gasteiger partial charge in [0.25, 0.3) is 0 Å². The van der Waals surface area contributed by atoms with E-state index in [-0.39, 0.29) is 0 Å². The maximum atomic E-state index is 6.09. The number of aromatic nitrogens is 2. The number of fused-ring (bicyclic) bond motifs is 1. The first-order valence-electron chi connectivity index (χ1n) is 6.66. The lowest BCUT2D eigenvalue weighted by Gasteiger charge is -2.12.